The third-order valence-electron chi connectivity index (χ3n) is 1.22. The van der Waals surface area contributed by atoms with Crippen LogP contribution in [-0.2, 0) is 11.1 Å². The maximum absolute atomic E-state index is 10.5. The second kappa shape index (κ2) is 4.06. The number of hydrogen-bond acceptors (Lipinski definition) is 3. The lowest BCUT2D eigenvalue weighted by Gasteiger charge is -1.96. The van der Waals surface area contributed by atoms with E-state index in [0.717, 1.165) is 0 Å². The first-order chi connectivity index (χ1) is 5.65. The van der Waals surface area contributed by atoms with Crippen molar-refractivity contribution in [2.45, 2.75) is 4.90 Å². The SMILES string of the molecule is O=Nc1cc(S(=O)O)ccc1I. The van der Waals surface area contributed by atoms with Crippen LogP contribution < -0.4 is 0 Å². The van der Waals surface area contributed by atoms with Gasteiger partial charge in [0.25, 0.3) is 0 Å². The Kier molecular flexibility index (Phi) is 3.29. The number of halogens is 1. The van der Waals surface area contributed by atoms with E-state index in [9.17, 15) is 9.12 Å². The van der Waals surface area contributed by atoms with Gasteiger partial charge in [-0.15, -0.1) is 4.91 Å². The second-order valence-corrected chi connectivity index (χ2v) is 4.09. The first-order valence-electron chi connectivity index (χ1n) is 2.89. The first kappa shape index (κ1) is 9.75. The quantitative estimate of drug-likeness (QED) is 0.517. The summed E-state index contributed by atoms with van der Waals surface area (Å²) in [6.07, 6.45) is 0. The molecule has 1 aromatic rings. The minimum atomic E-state index is -2.05. The van der Waals surface area contributed by atoms with E-state index in [0.29, 0.717) is 3.57 Å². The molecular weight excluding hydrogens is 293 g/mol. The standard InChI is InChI=1S/C6H4INO3S/c7-5-2-1-4(12(10)11)3-6(5)8-9/h1-3H,(H,10,11). The van der Waals surface area contributed by atoms with Gasteiger partial charge in [0.05, 0.1) is 4.90 Å². The Labute approximate surface area is 84.8 Å². The van der Waals surface area contributed by atoms with Crippen LogP contribution in [0.4, 0.5) is 5.69 Å². The fourth-order valence-corrected chi connectivity index (χ4v) is 1.50. The molecule has 1 unspecified atom stereocenters. The van der Waals surface area contributed by atoms with E-state index < -0.39 is 11.1 Å². The van der Waals surface area contributed by atoms with Gasteiger partial charge in [0.2, 0.25) is 0 Å². The predicted molar refractivity (Wildman–Crippen MR) is 53.7 cm³/mol. The topological polar surface area (TPSA) is 66.7 Å². The van der Waals surface area contributed by atoms with Gasteiger partial charge < -0.3 is 4.55 Å². The van der Waals surface area contributed by atoms with Crippen molar-refractivity contribution in [1.29, 1.82) is 0 Å². The highest BCUT2D eigenvalue weighted by atomic mass is 127. The Hall–Kier alpha value is -0.340. The number of benzene rings is 1. The summed E-state index contributed by atoms with van der Waals surface area (Å²) in [4.78, 5) is 10.4. The molecule has 0 spiro atoms. The molecule has 0 heterocycles. The molecule has 0 aromatic heterocycles. The lowest BCUT2D eigenvalue weighted by atomic mass is 10.3. The van der Waals surface area contributed by atoms with Crippen LogP contribution in [0.5, 0.6) is 0 Å². The summed E-state index contributed by atoms with van der Waals surface area (Å²) in [6.45, 7) is 0. The monoisotopic (exact) mass is 297 g/mol. The minimum Gasteiger partial charge on any atom is -0.302 e. The molecule has 0 saturated carbocycles. The molecule has 12 heavy (non-hydrogen) atoms. The summed E-state index contributed by atoms with van der Waals surface area (Å²) < 4.78 is 19.9. The van der Waals surface area contributed by atoms with Crippen molar-refractivity contribution in [2.24, 2.45) is 5.18 Å². The molecule has 4 nitrogen and oxygen atoms in total. The zero-order valence-corrected chi connectivity index (χ0v) is 8.70. The average molecular weight is 297 g/mol. The van der Waals surface area contributed by atoms with Crippen molar-refractivity contribution in [3.63, 3.8) is 0 Å². The van der Waals surface area contributed by atoms with Gasteiger partial charge in [-0.25, -0.2) is 4.21 Å². The molecule has 0 aliphatic rings. The van der Waals surface area contributed by atoms with Crippen molar-refractivity contribution in [1.82, 2.24) is 0 Å². The van der Waals surface area contributed by atoms with E-state index in [1.165, 1.54) is 12.1 Å². The minimum absolute atomic E-state index is 0.185. The molecule has 64 valence electrons. The third-order valence-corrected chi connectivity index (χ3v) is 2.79. The largest absolute Gasteiger partial charge is 0.302 e. The van der Waals surface area contributed by atoms with Gasteiger partial charge >= 0.3 is 0 Å². The number of nitrogens with zero attached hydrogens (tertiary/aromatic N) is 1. The summed E-state index contributed by atoms with van der Waals surface area (Å²) in [5.74, 6) is 0. The number of rotatable bonds is 2. The van der Waals surface area contributed by atoms with Crippen molar-refractivity contribution in [3.8, 4) is 0 Å². The first-order valence-corrected chi connectivity index (χ1v) is 5.07. The Balaban J connectivity index is 3.22. The van der Waals surface area contributed by atoms with Crippen LogP contribution >= 0.6 is 22.6 Å². The highest BCUT2D eigenvalue weighted by molar-refractivity contribution is 14.1. The molecule has 1 rings (SSSR count). The summed E-state index contributed by atoms with van der Waals surface area (Å²) >= 11 is -0.125. The van der Waals surface area contributed by atoms with Crippen molar-refractivity contribution in [3.05, 3.63) is 26.7 Å². The van der Waals surface area contributed by atoms with Crippen molar-refractivity contribution >= 4 is 39.4 Å². The fraction of sp³-hybridized carbons (Fsp3) is 0. The molecule has 6 heteroatoms. The number of nitroso groups, excluding NO2 is 1. The van der Waals surface area contributed by atoms with E-state index in [1.54, 1.807) is 6.07 Å². The van der Waals surface area contributed by atoms with Gasteiger partial charge in [0.15, 0.2) is 11.1 Å². The molecule has 0 aliphatic carbocycles. The van der Waals surface area contributed by atoms with E-state index in [-0.39, 0.29) is 10.6 Å². The lowest BCUT2D eigenvalue weighted by molar-refractivity contribution is 0.564. The summed E-state index contributed by atoms with van der Waals surface area (Å²) in [5.41, 5.74) is 0.190. The van der Waals surface area contributed by atoms with E-state index >= 15 is 0 Å². The summed E-state index contributed by atoms with van der Waals surface area (Å²) in [7, 11) is 0. The second-order valence-electron chi connectivity index (χ2n) is 1.95. The molecule has 0 fully saturated rings. The maximum atomic E-state index is 10.5. The van der Waals surface area contributed by atoms with Gasteiger partial charge in [0, 0.05) is 3.57 Å². The van der Waals surface area contributed by atoms with Crippen molar-refractivity contribution in [2.75, 3.05) is 0 Å². The van der Waals surface area contributed by atoms with Gasteiger partial charge in [-0.05, 0) is 46.0 Å². The molecule has 0 bridgehead atoms. The smallest absolute Gasteiger partial charge is 0.186 e. The van der Waals surface area contributed by atoms with Crippen LogP contribution in [0.2, 0.25) is 0 Å². The van der Waals surface area contributed by atoms with Crippen LogP contribution in [0.3, 0.4) is 0 Å². The molecule has 1 atom stereocenters. The molecule has 1 N–H and O–H groups in total. The summed E-state index contributed by atoms with van der Waals surface area (Å²) in [6, 6.07) is 4.35. The van der Waals surface area contributed by atoms with Crippen LogP contribution in [0.1, 0.15) is 0 Å². The summed E-state index contributed by atoms with van der Waals surface area (Å²) in [5, 5.41) is 2.71. The van der Waals surface area contributed by atoms with Gasteiger partial charge in [-0.3, -0.25) is 0 Å². The van der Waals surface area contributed by atoms with Gasteiger partial charge in [-0.1, -0.05) is 0 Å². The highest BCUT2D eigenvalue weighted by Gasteiger charge is 2.04. The molecule has 0 amide bonds. The predicted octanol–water partition coefficient (Wildman–Crippen LogP) is 2.27. The third kappa shape index (κ3) is 2.08. The molecule has 0 saturated heterocycles. The Morgan fingerprint density at radius 1 is 1.50 bits per heavy atom. The Bertz CT molecular complexity index is 342. The normalized spacial score (nSPS) is 12.5. The van der Waals surface area contributed by atoms with Crippen LogP contribution in [0.15, 0.2) is 28.3 Å². The maximum Gasteiger partial charge on any atom is 0.186 e. The highest BCUT2D eigenvalue weighted by Crippen LogP contribution is 2.23. The van der Waals surface area contributed by atoms with E-state index in [2.05, 4.69) is 5.18 Å². The molecule has 0 radical (unpaired) electrons. The fourth-order valence-electron chi connectivity index (χ4n) is 0.671. The van der Waals surface area contributed by atoms with Gasteiger partial charge in [0.1, 0.15) is 5.69 Å². The Morgan fingerprint density at radius 3 is 2.67 bits per heavy atom. The Morgan fingerprint density at radius 2 is 2.17 bits per heavy atom. The van der Waals surface area contributed by atoms with E-state index in [4.69, 9.17) is 4.55 Å². The van der Waals surface area contributed by atoms with Gasteiger partial charge in [-0.2, -0.15) is 0 Å². The average Bonchev–Trinajstić information content (AvgIpc) is 2.05. The lowest BCUT2D eigenvalue weighted by Crippen LogP contribution is -1.87. The molecule has 1 aromatic carbocycles. The zero-order chi connectivity index (χ0) is 9.14. The van der Waals surface area contributed by atoms with Crippen LogP contribution in [-0.4, -0.2) is 8.76 Å². The van der Waals surface area contributed by atoms with Crippen LogP contribution in [0.25, 0.3) is 0 Å². The number of hydrogen-bond donors (Lipinski definition) is 1. The molecule has 0 aliphatic heterocycles. The zero-order valence-electron chi connectivity index (χ0n) is 5.73. The molecular formula is C6H4INO3S. The van der Waals surface area contributed by atoms with E-state index in [1.807, 2.05) is 22.6 Å². The van der Waals surface area contributed by atoms with Crippen molar-refractivity contribution < 1.29 is 8.76 Å². The van der Waals surface area contributed by atoms with Crippen LogP contribution in [0, 0.1) is 8.48 Å².